The summed E-state index contributed by atoms with van der Waals surface area (Å²) in [5.74, 6) is -1.88. The predicted molar refractivity (Wildman–Crippen MR) is 78.7 cm³/mol. The van der Waals surface area contributed by atoms with Gasteiger partial charge in [-0.2, -0.15) is 0 Å². The highest BCUT2D eigenvalue weighted by Gasteiger charge is 2.38. The Bertz CT molecular complexity index is 666. The summed E-state index contributed by atoms with van der Waals surface area (Å²) in [4.78, 5) is 22.9. The summed E-state index contributed by atoms with van der Waals surface area (Å²) in [5, 5.41) is 11.3. The van der Waals surface area contributed by atoms with Crippen LogP contribution in [-0.2, 0) is 14.6 Å². The zero-order valence-electron chi connectivity index (χ0n) is 11.1. The third-order valence-corrected chi connectivity index (χ3v) is 5.67. The Morgan fingerprint density at radius 2 is 1.85 bits per heavy atom. The number of sulfone groups is 1. The lowest BCUT2D eigenvalue weighted by Gasteiger charge is -2.22. The number of hydrogen-bond donors (Lipinski definition) is 2. The predicted octanol–water partition coefficient (Wildman–Crippen LogP) is 1.91. The molecular weight excluding hydrogens is 350 g/mol. The summed E-state index contributed by atoms with van der Waals surface area (Å²) >= 11 is 3.17. The van der Waals surface area contributed by atoms with E-state index in [-0.39, 0.29) is 11.3 Å². The number of benzene rings is 1. The van der Waals surface area contributed by atoms with Gasteiger partial charge in [-0.05, 0) is 48.0 Å². The van der Waals surface area contributed by atoms with Crippen LogP contribution < -0.4 is 5.32 Å². The molecule has 0 atom stereocenters. The van der Waals surface area contributed by atoms with Crippen molar-refractivity contribution in [2.75, 3.05) is 11.6 Å². The van der Waals surface area contributed by atoms with Gasteiger partial charge in [0, 0.05) is 10.7 Å². The molecule has 0 aliphatic heterocycles. The molecule has 2 N–H and O–H groups in total. The van der Waals surface area contributed by atoms with Crippen LogP contribution in [0.1, 0.15) is 24.2 Å². The van der Waals surface area contributed by atoms with Crippen molar-refractivity contribution in [3.05, 3.63) is 28.2 Å². The molecule has 0 saturated heterocycles. The van der Waals surface area contributed by atoms with Crippen LogP contribution in [0.3, 0.4) is 0 Å². The second-order valence-electron chi connectivity index (χ2n) is 4.74. The van der Waals surface area contributed by atoms with E-state index in [2.05, 4.69) is 21.2 Å². The number of carboxylic acid groups (broad SMARTS) is 1. The largest absolute Gasteiger partial charge is 0.478 e. The molecule has 0 aliphatic carbocycles. The monoisotopic (exact) mass is 363 g/mol. The Morgan fingerprint density at radius 3 is 2.30 bits per heavy atom. The summed E-state index contributed by atoms with van der Waals surface area (Å²) in [6, 6.07) is 4.08. The number of anilines is 1. The molecule has 110 valence electrons. The van der Waals surface area contributed by atoms with Crippen LogP contribution >= 0.6 is 15.9 Å². The third-order valence-electron chi connectivity index (χ3n) is 2.94. The first-order chi connectivity index (χ1) is 8.96. The minimum Gasteiger partial charge on any atom is -0.478 e. The lowest BCUT2D eigenvalue weighted by Crippen LogP contribution is -2.43. The Morgan fingerprint density at radius 1 is 1.30 bits per heavy atom. The average Bonchev–Trinajstić information content (AvgIpc) is 2.29. The van der Waals surface area contributed by atoms with Crippen molar-refractivity contribution in [3.8, 4) is 0 Å². The van der Waals surface area contributed by atoms with E-state index in [1.165, 1.54) is 32.0 Å². The number of carbonyl (C=O) groups excluding carboxylic acids is 1. The van der Waals surface area contributed by atoms with E-state index in [0.29, 0.717) is 4.47 Å². The maximum absolute atomic E-state index is 12.1. The van der Waals surface area contributed by atoms with Crippen LogP contribution in [0, 0.1) is 0 Å². The fourth-order valence-corrected chi connectivity index (χ4v) is 1.93. The summed E-state index contributed by atoms with van der Waals surface area (Å²) in [6.07, 6.45) is 0.968. The number of carboxylic acids is 1. The molecule has 0 saturated carbocycles. The first-order valence-electron chi connectivity index (χ1n) is 5.50. The van der Waals surface area contributed by atoms with Crippen LogP contribution in [0.2, 0.25) is 0 Å². The molecule has 0 spiro atoms. The van der Waals surface area contributed by atoms with Crippen LogP contribution in [0.4, 0.5) is 5.69 Å². The van der Waals surface area contributed by atoms with Crippen molar-refractivity contribution in [2.45, 2.75) is 18.6 Å². The van der Waals surface area contributed by atoms with Crippen molar-refractivity contribution in [1.29, 1.82) is 0 Å². The van der Waals surface area contributed by atoms with Crippen molar-refractivity contribution in [3.63, 3.8) is 0 Å². The highest BCUT2D eigenvalue weighted by molar-refractivity contribution is 9.10. The van der Waals surface area contributed by atoms with Gasteiger partial charge in [0.15, 0.2) is 9.84 Å². The van der Waals surface area contributed by atoms with Gasteiger partial charge >= 0.3 is 5.97 Å². The van der Waals surface area contributed by atoms with Gasteiger partial charge in [-0.3, -0.25) is 4.79 Å². The molecule has 0 radical (unpaired) electrons. The Kier molecular flexibility index (Phi) is 4.60. The quantitative estimate of drug-likeness (QED) is 0.850. The topological polar surface area (TPSA) is 101 Å². The smallest absolute Gasteiger partial charge is 0.335 e. The molecule has 1 rings (SSSR count). The number of amides is 1. The van der Waals surface area contributed by atoms with Gasteiger partial charge in [0.2, 0.25) is 5.91 Å². The normalized spacial score (nSPS) is 12.0. The van der Waals surface area contributed by atoms with E-state index in [4.69, 9.17) is 5.11 Å². The molecule has 1 aromatic rings. The number of nitrogens with one attached hydrogen (secondary N) is 1. The Balaban J connectivity index is 3.14. The van der Waals surface area contributed by atoms with Gasteiger partial charge < -0.3 is 10.4 Å². The Labute approximate surface area is 125 Å². The van der Waals surface area contributed by atoms with Gasteiger partial charge in [0.25, 0.3) is 0 Å². The van der Waals surface area contributed by atoms with Gasteiger partial charge in [-0.15, -0.1) is 0 Å². The highest BCUT2D eigenvalue weighted by atomic mass is 79.9. The Hall–Kier alpha value is -1.41. The number of carbonyl (C=O) groups is 2. The standard InChI is InChI=1S/C12H14BrNO5S/c1-12(2,20(3,18)19)11(17)14-9-6-7(10(15)16)4-5-8(9)13/h4-6H,1-3H3,(H,14,17)(H,15,16). The molecule has 0 aromatic heterocycles. The molecule has 1 amide bonds. The highest BCUT2D eigenvalue weighted by Crippen LogP contribution is 2.26. The molecular formula is C12H14BrNO5S. The summed E-state index contributed by atoms with van der Waals surface area (Å²) in [6.45, 7) is 2.57. The SMILES string of the molecule is CC(C)(C(=O)Nc1cc(C(=O)O)ccc1Br)S(C)(=O)=O. The van der Waals surface area contributed by atoms with Crippen molar-refractivity contribution in [1.82, 2.24) is 0 Å². The van der Waals surface area contributed by atoms with E-state index in [1.54, 1.807) is 0 Å². The van der Waals surface area contributed by atoms with Crippen molar-refractivity contribution >= 4 is 43.3 Å². The van der Waals surface area contributed by atoms with Gasteiger partial charge in [-0.1, -0.05) is 0 Å². The lowest BCUT2D eigenvalue weighted by atomic mass is 10.1. The molecule has 1 aromatic carbocycles. The maximum Gasteiger partial charge on any atom is 0.335 e. The fourth-order valence-electron chi connectivity index (χ4n) is 1.20. The third kappa shape index (κ3) is 3.37. The van der Waals surface area contributed by atoms with Gasteiger partial charge in [0.05, 0.1) is 11.3 Å². The molecule has 0 bridgehead atoms. The van der Waals surface area contributed by atoms with E-state index in [0.717, 1.165) is 6.26 Å². The van der Waals surface area contributed by atoms with E-state index >= 15 is 0 Å². The van der Waals surface area contributed by atoms with Crippen molar-refractivity contribution in [2.24, 2.45) is 0 Å². The van der Waals surface area contributed by atoms with E-state index in [9.17, 15) is 18.0 Å². The summed E-state index contributed by atoms with van der Waals surface area (Å²) in [5.41, 5.74) is 0.187. The van der Waals surface area contributed by atoms with E-state index < -0.39 is 26.5 Å². The molecule has 0 unspecified atom stereocenters. The van der Waals surface area contributed by atoms with Crippen LogP contribution in [0.5, 0.6) is 0 Å². The van der Waals surface area contributed by atoms with E-state index in [1.807, 2.05) is 0 Å². The van der Waals surface area contributed by atoms with Gasteiger partial charge in [-0.25, -0.2) is 13.2 Å². The number of halogens is 1. The minimum atomic E-state index is -3.60. The zero-order chi connectivity index (χ0) is 15.7. The second kappa shape index (κ2) is 5.53. The van der Waals surface area contributed by atoms with Gasteiger partial charge in [0.1, 0.15) is 4.75 Å². The number of hydrogen-bond acceptors (Lipinski definition) is 4. The summed E-state index contributed by atoms with van der Waals surface area (Å²) < 4.78 is 22.0. The molecule has 0 heterocycles. The van der Waals surface area contributed by atoms with Crippen LogP contribution in [-0.4, -0.2) is 36.4 Å². The number of aromatic carboxylic acids is 1. The van der Waals surface area contributed by atoms with Crippen molar-refractivity contribution < 1.29 is 23.1 Å². The first-order valence-corrected chi connectivity index (χ1v) is 8.19. The van der Waals surface area contributed by atoms with Crippen LogP contribution in [0.25, 0.3) is 0 Å². The first kappa shape index (κ1) is 16.6. The maximum atomic E-state index is 12.1. The fraction of sp³-hybridized carbons (Fsp3) is 0.333. The average molecular weight is 364 g/mol. The summed E-state index contributed by atoms with van der Waals surface area (Å²) in [7, 11) is -3.60. The lowest BCUT2D eigenvalue weighted by molar-refractivity contribution is -0.117. The number of rotatable bonds is 4. The van der Waals surface area contributed by atoms with Crippen LogP contribution in [0.15, 0.2) is 22.7 Å². The molecule has 0 fully saturated rings. The minimum absolute atomic E-state index is 0.0133. The molecule has 20 heavy (non-hydrogen) atoms. The molecule has 8 heteroatoms. The molecule has 0 aliphatic rings. The molecule has 6 nitrogen and oxygen atoms in total. The zero-order valence-corrected chi connectivity index (χ0v) is 13.5. The second-order valence-corrected chi connectivity index (χ2v) is 8.16.